The van der Waals surface area contributed by atoms with Crippen LogP contribution in [0.2, 0.25) is 0 Å². The van der Waals surface area contributed by atoms with E-state index in [0.29, 0.717) is 13.1 Å². The van der Waals surface area contributed by atoms with Crippen LogP contribution in [-0.2, 0) is 16.1 Å². The second-order valence-electron chi connectivity index (χ2n) is 5.89. The Hall–Kier alpha value is -1.87. The zero-order chi connectivity index (χ0) is 18.2. The highest BCUT2D eigenvalue weighted by Gasteiger charge is 2.14. The molecule has 1 amide bonds. The van der Waals surface area contributed by atoms with Crippen LogP contribution in [0.3, 0.4) is 0 Å². The molecule has 2 N–H and O–H groups in total. The number of carbonyl (C=O) groups excluding carboxylic acids is 1. The summed E-state index contributed by atoms with van der Waals surface area (Å²) in [7, 11) is 1.50. The number of thioether (sulfide) groups is 1. The van der Waals surface area contributed by atoms with Gasteiger partial charge in [-0.05, 0) is 20.3 Å². The Morgan fingerprint density at radius 1 is 1.40 bits per heavy atom. The number of nitrogens with one attached hydrogen (secondary N) is 2. The van der Waals surface area contributed by atoms with E-state index in [-0.39, 0.29) is 18.6 Å². The molecule has 2 aromatic rings. The van der Waals surface area contributed by atoms with Gasteiger partial charge in [-0.2, -0.15) is 5.10 Å². The number of nitrogens with zero attached hydrogens (tertiary/aromatic N) is 4. The molecule has 138 valence electrons. The molecule has 9 heteroatoms. The van der Waals surface area contributed by atoms with Crippen molar-refractivity contribution >= 4 is 34.5 Å². The minimum absolute atomic E-state index is 0.0578. The summed E-state index contributed by atoms with van der Waals surface area (Å²) in [5.41, 5.74) is 0.776. The van der Waals surface area contributed by atoms with Crippen LogP contribution < -0.4 is 10.6 Å². The van der Waals surface area contributed by atoms with Gasteiger partial charge in [0.2, 0.25) is 5.91 Å². The van der Waals surface area contributed by atoms with Gasteiger partial charge in [0, 0.05) is 25.4 Å². The quantitative estimate of drug-likeness (QED) is 0.490. The summed E-state index contributed by atoms with van der Waals surface area (Å²) in [5, 5.41) is 12.2. The predicted molar refractivity (Wildman–Crippen MR) is 100.0 cm³/mol. The molecule has 8 nitrogen and oxygen atoms in total. The highest BCUT2D eigenvalue weighted by atomic mass is 32.2. The summed E-state index contributed by atoms with van der Waals surface area (Å²) >= 11 is 1.63. The first kappa shape index (κ1) is 19.5. The third-order valence-corrected chi connectivity index (χ3v) is 4.31. The molecule has 0 unspecified atom stereocenters. The lowest BCUT2D eigenvalue weighted by atomic mass is 10.3. The summed E-state index contributed by atoms with van der Waals surface area (Å²) in [6.07, 6.45) is 2.83. The van der Waals surface area contributed by atoms with Crippen LogP contribution in [0.15, 0.2) is 11.4 Å². The lowest BCUT2D eigenvalue weighted by Crippen LogP contribution is -2.30. The Kier molecular flexibility index (Phi) is 7.45. The minimum atomic E-state index is -0.144. The molecule has 0 saturated carbocycles. The van der Waals surface area contributed by atoms with Crippen LogP contribution in [0.1, 0.15) is 27.2 Å². The third-order valence-electron chi connectivity index (χ3n) is 3.26. The van der Waals surface area contributed by atoms with Gasteiger partial charge in [0.05, 0.1) is 18.1 Å². The zero-order valence-electron chi connectivity index (χ0n) is 15.2. The van der Waals surface area contributed by atoms with Gasteiger partial charge in [-0.25, -0.2) is 14.6 Å². The number of anilines is 1. The molecule has 25 heavy (non-hydrogen) atoms. The maximum atomic E-state index is 11.5. The molecule has 2 aromatic heterocycles. The summed E-state index contributed by atoms with van der Waals surface area (Å²) in [4.78, 5) is 20.8. The number of ether oxygens (including phenoxy) is 1. The highest BCUT2D eigenvalue weighted by Crippen LogP contribution is 2.25. The molecule has 0 aliphatic heterocycles. The SMILES string of the molecule is CCCSc1nc(NC(C)C)c2cnn(CCNC(=O)COC)c2n1. The first-order valence-corrected chi connectivity index (χ1v) is 9.42. The van der Waals surface area contributed by atoms with Crippen molar-refractivity contribution in [2.75, 3.05) is 31.3 Å². The van der Waals surface area contributed by atoms with Gasteiger partial charge in [-0.15, -0.1) is 0 Å². The van der Waals surface area contributed by atoms with E-state index in [1.807, 2.05) is 0 Å². The van der Waals surface area contributed by atoms with E-state index in [1.54, 1.807) is 22.6 Å². The summed E-state index contributed by atoms with van der Waals surface area (Å²) in [6, 6.07) is 0.263. The second kappa shape index (κ2) is 9.57. The minimum Gasteiger partial charge on any atom is -0.375 e. The van der Waals surface area contributed by atoms with Gasteiger partial charge in [-0.1, -0.05) is 18.7 Å². The average molecular weight is 366 g/mol. The Bertz CT molecular complexity index is 703. The molecule has 0 atom stereocenters. The number of hydrogen-bond donors (Lipinski definition) is 2. The van der Waals surface area contributed by atoms with Crippen molar-refractivity contribution in [1.82, 2.24) is 25.1 Å². The molecule has 0 aliphatic carbocycles. The Labute approximate surface area is 152 Å². The highest BCUT2D eigenvalue weighted by molar-refractivity contribution is 7.99. The molecule has 2 heterocycles. The molecule has 0 fully saturated rings. The Balaban J connectivity index is 2.21. The fourth-order valence-corrected chi connectivity index (χ4v) is 2.92. The molecule has 0 aromatic carbocycles. The summed E-state index contributed by atoms with van der Waals surface area (Å²) < 4.78 is 6.60. The largest absolute Gasteiger partial charge is 0.375 e. The number of carbonyl (C=O) groups is 1. The monoisotopic (exact) mass is 366 g/mol. The number of fused-ring (bicyclic) bond motifs is 1. The topological polar surface area (TPSA) is 94.0 Å². The lowest BCUT2D eigenvalue weighted by molar-refractivity contribution is -0.124. The molecule has 2 rings (SSSR count). The van der Waals surface area contributed by atoms with E-state index in [0.717, 1.165) is 34.2 Å². The van der Waals surface area contributed by atoms with Gasteiger partial charge in [0.15, 0.2) is 10.8 Å². The van der Waals surface area contributed by atoms with Crippen molar-refractivity contribution in [3.8, 4) is 0 Å². The van der Waals surface area contributed by atoms with Gasteiger partial charge in [0.1, 0.15) is 12.4 Å². The molecule has 0 saturated heterocycles. The lowest BCUT2D eigenvalue weighted by Gasteiger charge is -2.12. The Morgan fingerprint density at radius 2 is 2.20 bits per heavy atom. The Morgan fingerprint density at radius 3 is 2.88 bits per heavy atom. The van der Waals surface area contributed by atoms with Crippen molar-refractivity contribution < 1.29 is 9.53 Å². The number of hydrogen-bond acceptors (Lipinski definition) is 7. The van der Waals surface area contributed by atoms with Crippen molar-refractivity contribution in [3.05, 3.63) is 6.20 Å². The molecular weight excluding hydrogens is 340 g/mol. The van der Waals surface area contributed by atoms with Gasteiger partial charge in [-0.3, -0.25) is 4.79 Å². The van der Waals surface area contributed by atoms with Crippen LogP contribution in [-0.4, -0.2) is 57.7 Å². The number of aromatic nitrogens is 4. The van der Waals surface area contributed by atoms with Crippen LogP contribution in [0.5, 0.6) is 0 Å². The van der Waals surface area contributed by atoms with Crippen molar-refractivity contribution in [3.63, 3.8) is 0 Å². The van der Waals surface area contributed by atoms with Gasteiger partial charge < -0.3 is 15.4 Å². The maximum Gasteiger partial charge on any atom is 0.246 e. The van der Waals surface area contributed by atoms with E-state index in [1.165, 1.54) is 7.11 Å². The zero-order valence-corrected chi connectivity index (χ0v) is 16.0. The molecular formula is C16H26N6O2S. The van der Waals surface area contributed by atoms with Crippen LogP contribution in [0.4, 0.5) is 5.82 Å². The van der Waals surface area contributed by atoms with E-state index >= 15 is 0 Å². The predicted octanol–water partition coefficient (Wildman–Crippen LogP) is 1.91. The van der Waals surface area contributed by atoms with E-state index in [4.69, 9.17) is 4.74 Å². The summed E-state index contributed by atoms with van der Waals surface area (Å²) in [5.74, 6) is 1.62. The average Bonchev–Trinajstić information content (AvgIpc) is 2.96. The van der Waals surface area contributed by atoms with E-state index in [9.17, 15) is 4.79 Å². The van der Waals surface area contributed by atoms with Crippen LogP contribution >= 0.6 is 11.8 Å². The normalized spacial score (nSPS) is 11.2. The van der Waals surface area contributed by atoms with Gasteiger partial charge in [0.25, 0.3) is 0 Å². The van der Waals surface area contributed by atoms with E-state index in [2.05, 4.69) is 46.5 Å². The maximum absolute atomic E-state index is 11.5. The summed E-state index contributed by atoms with van der Waals surface area (Å²) in [6.45, 7) is 7.33. The first-order chi connectivity index (χ1) is 12.0. The van der Waals surface area contributed by atoms with Gasteiger partial charge >= 0.3 is 0 Å². The second-order valence-corrected chi connectivity index (χ2v) is 6.95. The fraction of sp³-hybridized carbons (Fsp3) is 0.625. The number of amides is 1. The standard InChI is InChI=1S/C16H26N6O2S/c1-5-8-25-16-20-14(19-11(2)3)12-9-18-22(15(12)21-16)7-6-17-13(23)10-24-4/h9,11H,5-8,10H2,1-4H3,(H,17,23)(H,19,20,21). The molecule has 0 radical (unpaired) electrons. The van der Waals surface area contributed by atoms with Crippen molar-refractivity contribution in [1.29, 1.82) is 0 Å². The number of methoxy groups -OCH3 is 1. The van der Waals surface area contributed by atoms with Crippen LogP contribution in [0, 0.1) is 0 Å². The molecule has 0 aliphatic rings. The molecule has 0 spiro atoms. The fourth-order valence-electron chi connectivity index (χ4n) is 2.22. The van der Waals surface area contributed by atoms with E-state index < -0.39 is 0 Å². The third kappa shape index (κ3) is 5.57. The number of rotatable bonds is 10. The van der Waals surface area contributed by atoms with Crippen molar-refractivity contribution in [2.45, 2.75) is 44.9 Å². The first-order valence-electron chi connectivity index (χ1n) is 8.43. The molecule has 0 bridgehead atoms. The van der Waals surface area contributed by atoms with Crippen molar-refractivity contribution in [2.24, 2.45) is 0 Å². The smallest absolute Gasteiger partial charge is 0.246 e. The van der Waals surface area contributed by atoms with Crippen LogP contribution in [0.25, 0.3) is 11.0 Å².